The van der Waals surface area contributed by atoms with Crippen LogP contribution >= 0.6 is 25.3 Å². The number of carboxylic acids is 4. The van der Waals surface area contributed by atoms with E-state index in [-0.39, 0.29) is 11.5 Å². The van der Waals surface area contributed by atoms with E-state index in [1.165, 1.54) is 0 Å². The minimum absolute atomic E-state index is 0.190. The van der Waals surface area contributed by atoms with Gasteiger partial charge in [-0.3, -0.25) is 19.2 Å². The molecule has 0 rings (SSSR count). The van der Waals surface area contributed by atoms with Crippen LogP contribution in [0.15, 0.2) is 0 Å². The fraction of sp³-hybridized carbons (Fsp3) is 0.778. The summed E-state index contributed by atoms with van der Waals surface area (Å²) in [4.78, 5) is 39.8. The van der Waals surface area contributed by atoms with E-state index >= 15 is 0 Å². The Kier molecular flexibility index (Phi) is 29.3. The average Bonchev–Trinajstić information content (AvgIpc) is 2.73. The summed E-state index contributed by atoms with van der Waals surface area (Å²) >= 11 is 7.30. The number of carbonyl (C=O) groups is 4. The molecule has 4 atom stereocenters. The van der Waals surface area contributed by atoms with Gasteiger partial charge >= 0.3 is 23.9 Å². The lowest BCUT2D eigenvalue weighted by molar-refractivity contribution is -0.139. The first-order valence-electron chi connectivity index (χ1n) is 9.94. The monoisotopic (exact) mass is 519 g/mol. The summed E-state index contributed by atoms with van der Waals surface area (Å²) in [7, 11) is 0. The Morgan fingerprint density at radius 2 is 1.00 bits per heavy atom. The van der Waals surface area contributed by atoms with Gasteiger partial charge in [-0.1, -0.05) is 20.3 Å². The molecule has 14 N–H and O–H groups in total. The van der Waals surface area contributed by atoms with Gasteiger partial charge in [-0.05, 0) is 31.7 Å². The summed E-state index contributed by atoms with van der Waals surface area (Å²) in [5.74, 6) is -3.12. The zero-order valence-corrected chi connectivity index (χ0v) is 20.8. The number of rotatable bonds is 12. The van der Waals surface area contributed by atoms with Crippen LogP contribution in [0.25, 0.3) is 0 Å². The molecule has 0 amide bonds. The van der Waals surface area contributed by atoms with Crippen molar-refractivity contribution in [3.05, 3.63) is 0 Å². The molecule has 0 spiro atoms. The Morgan fingerprint density at radius 1 is 0.667 bits per heavy atom. The molecule has 198 valence electrons. The predicted octanol–water partition coefficient (Wildman–Crippen LogP) is -1.37. The molecule has 4 unspecified atom stereocenters. The third-order valence-corrected chi connectivity index (χ3v) is 4.14. The fourth-order valence-electron chi connectivity index (χ4n) is 1.40. The summed E-state index contributed by atoms with van der Waals surface area (Å²) in [5.41, 5.74) is 25.5. The SMILES string of the molecule is CC(C)CC(N)C(=O)O.NC(CS)C(=O)O.NC(CS)C(=O)O.NCCCCC(N)C(=O)O. The van der Waals surface area contributed by atoms with Gasteiger partial charge in [0.05, 0.1) is 0 Å². The van der Waals surface area contributed by atoms with Crippen molar-refractivity contribution in [2.75, 3.05) is 18.1 Å². The highest BCUT2D eigenvalue weighted by atomic mass is 32.1. The zero-order valence-electron chi connectivity index (χ0n) is 19.0. The summed E-state index contributed by atoms with van der Waals surface area (Å²) in [5, 5.41) is 32.6. The van der Waals surface area contributed by atoms with Gasteiger partial charge in [0, 0.05) is 11.5 Å². The molecule has 0 aromatic carbocycles. The smallest absolute Gasteiger partial charge is 0.321 e. The van der Waals surface area contributed by atoms with Gasteiger partial charge < -0.3 is 49.1 Å². The highest BCUT2D eigenvalue weighted by Crippen LogP contribution is 2.01. The maximum absolute atomic E-state index is 10.1. The number of carboxylic acid groups (broad SMARTS) is 4. The van der Waals surface area contributed by atoms with Crippen molar-refractivity contribution < 1.29 is 39.6 Å². The lowest BCUT2D eigenvalue weighted by Gasteiger charge is -2.07. The number of thiol groups is 2. The molecule has 0 aromatic heterocycles. The molecule has 0 bridgehead atoms. The molecule has 15 heteroatoms. The Bertz CT molecular complexity index is 524. The van der Waals surface area contributed by atoms with Crippen molar-refractivity contribution in [3.63, 3.8) is 0 Å². The van der Waals surface area contributed by atoms with Crippen LogP contribution in [0.2, 0.25) is 0 Å². The van der Waals surface area contributed by atoms with E-state index in [2.05, 4.69) is 25.3 Å². The van der Waals surface area contributed by atoms with Crippen molar-refractivity contribution >= 4 is 49.1 Å². The van der Waals surface area contributed by atoms with E-state index in [0.29, 0.717) is 25.3 Å². The minimum atomic E-state index is -1.00. The van der Waals surface area contributed by atoms with E-state index < -0.39 is 48.0 Å². The average molecular weight is 520 g/mol. The van der Waals surface area contributed by atoms with Crippen molar-refractivity contribution in [1.82, 2.24) is 0 Å². The number of nitrogens with two attached hydrogens (primary N) is 5. The molecule has 0 aromatic rings. The van der Waals surface area contributed by atoms with Crippen LogP contribution in [0.3, 0.4) is 0 Å². The third-order valence-electron chi connectivity index (χ3n) is 3.36. The Balaban J connectivity index is -0.000000172. The van der Waals surface area contributed by atoms with Gasteiger partial charge in [0.25, 0.3) is 0 Å². The summed E-state index contributed by atoms with van der Waals surface area (Å²) in [6.45, 7) is 4.50. The first kappa shape index (κ1) is 38.6. The molecule has 0 radical (unpaired) electrons. The highest BCUT2D eigenvalue weighted by molar-refractivity contribution is 7.80. The topological polar surface area (TPSA) is 279 Å². The first-order valence-corrected chi connectivity index (χ1v) is 11.2. The first-order chi connectivity index (χ1) is 15.1. The van der Waals surface area contributed by atoms with Crippen LogP contribution in [0.1, 0.15) is 39.5 Å². The normalized spacial score (nSPS) is 13.4. The maximum atomic E-state index is 10.1. The second-order valence-corrected chi connectivity index (χ2v) is 7.79. The molecule has 0 heterocycles. The van der Waals surface area contributed by atoms with Gasteiger partial charge in [-0.15, -0.1) is 0 Å². The fourth-order valence-corrected chi connectivity index (χ4v) is 1.71. The van der Waals surface area contributed by atoms with Crippen molar-refractivity contribution in [3.8, 4) is 0 Å². The van der Waals surface area contributed by atoms with E-state index in [9.17, 15) is 19.2 Å². The van der Waals surface area contributed by atoms with E-state index in [4.69, 9.17) is 49.1 Å². The predicted molar refractivity (Wildman–Crippen MR) is 133 cm³/mol. The van der Waals surface area contributed by atoms with Crippen LogP contribution < -0.4 is 28.7 Å². The van der Waals surface area contributed by atoms with Gasteiger partial charge in [0.2, 0.25) is 0 Å². The summed E-state index contributed by atoms with van der Waals surface area (Å²) < 4.78 is 0. The van der Waals surface area contributed by atoms with Crippen LogP contribution in [0.5, 0.6) is 0 Å². The second-order valence-electron chi connectivity index (χ2n) is 7.06. The van der Waals surface area contributed by atoms with E-state index in [1.807, 2.05) is 13.8 Å². The van der Waals surface area contributed by atoms with Crippen LogP contribution in [0.4, 0.5) is 0 Å². The maximum Gasteiger partial charge on any atom is 0.321 e. The Labute approximate surface area is 205 Å². The van der Waals surface area contributed by atoms with Gasteiger partial charge in [0.15, 0.2) is 0 Å². The second kappa shape index (κ2) is 25.0. The summed E-state index contributed by atoms with van der Waals surface area (Å²) in [6.07, 6.45) is 2.72. The van der Waals surface area contributed by atoms with Crippen molar-refractivity contribution in [2.24, 2.45) is 34.6 Å². The van der Waals surface area contributed by atoms with E-state index in [0.717, 1.165) is 12.8 Å². The van der Waals surface area contributed by atoms with Gasteiger partial charge in [0.1, 0.15) is 24.2 Å². The summed E-state index contributed by atoms with van der Waals surface area (Å²) in [6, 6.07) is -3.04. The highest BCUT2D eigenvalue weighted by Gasteiger charge is 2.12. The molecule has 0 aliphatic rings. The van der Waals surface area contributed by atoms with Gasteiger partial charge in [-0.2, -0.15) is 25.3 Å². The molecular formula is C18H41N5O8S2. The molecule has 0 saturated carbocycles. The number of hydrogen-bond donors (Lipinski definition) is 11. The Morgan fingerprint density at radius 3 is 1.15 bits per heavy atom. The molecule has 33 heavy (non-hydrogen) atoms. The molecule has 0 fully saturated rings. The lowest BCUT2D eigenvalue weighted by atomic mass is 10.1. The molecule has 13 nitrogen and oxygen atoms in total. The third kappa shape index (κ3) is 32.6. The number of aliphatic carboxylic acids is 4. The molecule has 0 saturated heterocycles. The Hall–Kier alpha value is -1.62. The number of unbranched alkanes of at least 4 members (excludes halogenated alkanes) is 1. The lowest BCUT2D eigenvalue weighted by Crippen LogP contribution is -2.31. The molecular weight excluding hydrogens is 478 g/mol. The van der Waals surface area contributed by atoms with E-state index in [1.54, 1.807) is 0 Å². The molecule has 0 aliphatic heterocycles. The minimum Gasteiger partial charge on any atom is -0.480 e. The zero-order chi connectivity index (χ0) is 27.1. The van der Waals surface area contributed by atoms with Crippen LogP contribution in [-0.2, 0) is 19.2 Å². The van der Waals surface area contributed by atoms with Crippen LogP contribution in [0, 0.1) is 5.92 Å². The van der Waals surface area contributed by atoms with Crippen molar-refractivity contribution in [2.45, 2.75) is 63.7 Å². The standard InChI is InChI=1S/C6H14N2O2.C6H13NO2.2C3H7NO2S/c7-4-2-1-3-5(8)6(9)10;1-4(2)3-5(7)6(8)9;2*4-2(1-7)3(5)6/h5H,1-4,7-8H2,(H,9,10);4-5H,3,7H2,1-2H3,(H,8,9);2*2,7H,1,4H2,(H,5,6). The van der Waals surface area contributed by atoms with Crippen LogP contribution in [-0.4, -0.2) is 86.5 Å². The molecule has 0 aliphatic carbocycles. The van der Waals surface area contributed by atoms with Crippen molar-refractivity contribution in [1.29, 1.82) is 0 Å². The largest absolute Gasteiger partial charge is 0.480 e. The van der Waals surface area contributed by atoms with Gasteiger partial charge in [-0.25, -0.2) is 0 Å². The quantitative estimate of drug-likeness (QED) is 0.105. The number of hydrogen-bond acceptors (Lipinski definition) is 11.